The van der Waals surface area contributed by atoms with Crippen molar-refractivity contribution < 1.29 is 23.5 Å². The van der Waals surface area contributed by atoms with Gasteiger partial charge in [0.2, 0.25) is 0 Å². The molecule has 1 aliphatic heterocycles. The zero-order valence-electron chi connectivity index (χ0n) is 20.1. The van der Waals surface area contributed by atoms with Crippen molar-refractivity contribution in [1.82, 2.24) is 9.91 Å². The maximum absolute atomic E-state index is 13.6. The van der Waals surface area contributed by atoms with Crippen LogP contribution < -0.4 is 4.74 Å². The standard InChI is InChI=1S/C27H29N3O5/c1-19-9-11-20(12-10-19)24-17-23(21-6-4-7-22(16-21)34-3)28-30(24)26(31)18-29(13-15-33-2)27(32)25-8-5-14-35-25/h4-12,14,16,24H,13,15,17-18H2,1-3H3/t24-/m1/s1. The van der Waals surface area contributed by atoms with Crippen LogP contribution in [0, 0.1) is 6.92 Å². The Morgan fingerprint density at radius 2 is 1.91 bits per heavy atom. The Hall–Kier alpha value is -3.91. The minimum atomic E-state index is -0.372. The first kappa shape index (κ1) is 24.2. The summed E-state index contributed by atoms with van der Waals surface area (Å²) in [4.78, 5) is 28.0. The van der Waals surface area contributed by atoms with Gasteiger partial charge in [0.25, 0.3) is 11.8 Å². The zero-order valence-corrected chi connectivity index (χ0v) is 20.1. The average Bonchev–Trinajstić information content (AvgIpc) is 3.57. The molecular formula is C27H29N3O5. The van der Waals surface area contributed by atoms with E-state index in [1.54, 1.807) is 26.4 Å². The molecule has 3 aromatic rings. The van der Waals surface area contributed by atoms with Crippen LogP contribution in [-0.4, -0.2) is 61.4 Å². The lowest BCUT2D eigenvalue weighted by Crippen LogP contribution is -2.42. The molecule has 1 aromatic heterocycles. The molecule has 0 radical (unpaired) electrons. The van der Waals surface area contributed by atoms with E-state index in [0.29, 0.717) is 13.0 Å². The van der Waals surface area contributed by atoms with Gasteiger partial charge in [-0.15, -0.1) is 0 Å². The number of aryl methyl sites for hydroxylation is 1. The summed E-state index contributed by atoms with van der Waals surface area (Å²) in [6.07, 6.45) is 1.98. The highest BCUT2D eigenvalue weighted by Gasteiger charge is 2.34. The third kappa shape index (κ3) is 5.60. The molecule has 2 heterocycles. The average molecular weight is 476 g/mol. The molecule has 0 bridgehead atoms. The van der Waals surface area contributed by atoms with Gasteiger partial charge >= 0.3 is 0 Å². The van der Waals surface area contributed by atoms with E-state index in [4.69, 9.17) is 19.0 Å². The highest BCUT2D eigenvalue weighted by atomic mass is 16.5. The molecule has 4 rings (SSSR count). The first-order valence-corrected chi connectivity index (χ1v) is 11.4. The minimum Gasteiger partial charge on any atom is -0.497 e. The minimum absolute atomic E-state index is 0.153. The van der Waals surface area contributed by atoms with Gasteiger partial charge in [-0.1, -0.05) is 42.0 Å². The zero-order chi connectivity index (χ0) is 24.8. The van der Waals surface area contributed by atoms with Gasteiger partial charge in [-0.05, 0) is 36.8 Å². The number of carbonyl (C=O) groups excluding carboxylic acids is 2. The summed E-state index contributed by atoms with van der Waals surface area (Å²) >= 11 is 0. The van der Waals surface area contributed by atoms with Crippen LogP contribution in [0.5, 0.6) is 5.75 Å². The maximum Gasteiger partial charge on any atom is 0.290 e. The van der Waals surface area contributed by atoms with E-state index in [1.807, 2.05) is 55.5 Å². The van der Waals surface area contributed by atoms with Crippen molar-refractivity contribution in [3.63, 3.8) is 0 Å². The Bertz CT molecular complexity index is 1190. The van der Waals surface area contributed by atoms with E-state index in [2.05, 4.69) is 0 Å². The molecular weight excluding hydrogens is 446 g/mol. The van der Waals surface area contributed by atoms with Crippen LogP contribution in [-0.2, 0) is 9.53 Å². The molecule has 8 nitrogen and oxygen atoms in total. The highest BCUT2D eigenvalue weighted by Crippen LogP contribution is 2.33. The number of ether oxygens (including phenoxy) is 2. The molecule has 2 amide bonds. The molecule has 35 heavy (non-hydrogen) atoms. The normalized spacial score (nSPS) is 15.1. The van der Waals surface area contributed by atoms with E-state index in [1.165, 1.54) is 16.2 Å². The molecule has 1 aliphatic rings. The molecule has 0 saturated heterocycles. The van der Waals surface area contributed by atoms with Crippen molar-refractivity contribution in [1.29, 1.82) is 0 Å². The number of benzene rings is 2. The predicted molar refractivity (Wildman–Crippen MR) is 131 cm³/mol. The maximum atomic E-state index is 13.6. The SMILES string of the molecule is COCCN(CC(=O)N1N=C(c2cccc(OC)c2)C[C@@H]1c1ccc(C)cc1)C(=O)c1ccco1. The first-order valence-electron chi connectivity index (χ1n) is 11.4. The first-order chi connectivity index (χ1) is 17.0. The lowest BCUT2D eigenvalue weighted by molar-refractivity contribution is -0.133. The van der Waals surface area contributed by atoms with Crippen LogP contribution in [0.2, 0.25) is 0 Å². The van der Waals surface area contributed by atoms with Gasteiger partial charge in [0.1, 0.15) is 12.3 Å². The Kier molecular flexibility index (Phi) is 7.62. The van der Waals surface area contributed by atoms with Crippen LogP contribution in [0.15, 0.2) is 76.4 Å². The molecule has 0 spiro atoms. The molecule has 0 N–H and O–H groups in total. The summed E-state index contributed by atoms with van der Waals surface area (Å²) in [6, 6.07) is 18.6. The monoisotopic (exact) mass is 475 g/mol. The molecule has 182 valence electrons. The molecule has 8 heteroatoms. The van der Waals surface area contributed by atoms with E-state index >= 15 is 0 Å². The summed E-state index contributed by atoms with van der Waals surface area (Å²) in [6.45, 7) is 2.41. The van der Waals surface area contributed by atoms with Gasteiger partial charge in [0, 0.05) is 25.6 Å². The number of hydrogen-bond donors (Lipinski definition) is 0. The van der Waals surface area contributed by atoms with E-state index < -0.39 is 0 Å². The summed E-state index contributed by atoms with van der Waals surface area (Å²) in [5, 5.41) is 6.22. The smallest absolute Gasteiger partial charge is 0.290 e. The lowest BCUT2D eigenvalue weighted by Gasteiger charge is -2.26. The predicted octanol–water partition coefficient (Wildman–Crippen LogP) is 4.06. The topological polar surface area (TPSA) is 84.6 Å². The largest absolute Gasteiger partial charge is 0.497 e. The van der Waals surface area contributed by atoms with Gasteiger partial charge in [-0.25, -0.2) is 5.01 Å². The second-order valence-corrected chi connectivity index (χ2v) is 8.34. The molecule has 0 saturated carbocycles. The number of furan rings is 1. The Morgan fingerprint density at radius 3 is 2.60 bits per heavy atom. The number of nitrogens with zero attached hydrogens (tertiary/aromatic N) is 3. The number of hydrazone groups is 1. The van der Waals surface area contributed by atoms with Crippen LogP contribution in [0.3, 0.4) is 0 Å². The second kappa shape index (κ2) is 11.0. The Morgan fingerprint density at radius 1 is 1.11 bits per heavy atom. The van der Waals surface area contributed by atoms with Crippen LogP contribution in [0.1, 0.15) is 39.7 Å². The quantitative estimate of drug-likeness (QED) is 0.466. The summed E-state index contributed by atoms with van der Waals surface area (Å²) in [7, 11) is 3.17. The number of methoxy groups -OCH3 is 2. The van der Waals surface area contributed by atoms with Gasteiger partial charge in [0.15, 0.2) is 5.76 Å². The fourth-order valence-electron chi connectivity index (χ4n) is 4.01. The van der Waals surface area contributed by atoms with Gasteiger partial charge < -0.3 is 18.8 Å². The number of hydrogen-bond acceptors (Lipinski definition) is 6. The van der Waals surface area contributed by atoms with Crippen LogP contribution >= 0.6 is 0 Å². The van der Waals surface area contributed by atoms with Gasteiger partial charge in [-0.2, -0.15) is 5.10 Å². The number of carbonyl (C=O) groups is 2. The van der Waals surface area contributed by atoms with Crippen molar-refractivity contribution in [2.24, 2.45) is 5.10 Å². The third-order valence-corrected chi connectivity index (χ3v) is 5.94. The van der Waals surface area contributed by atoms with Crippen molar-refractivity contribution in [3.8, 4) is 5.75 Å². The Labute approximate surface area is 204 Å². The summed E-state index contributed by atoms with van der Waals surface area (Å²) in [5.41, 5.74) is 3.78. The van der Waals surface area contributed by atoms with Crippen molar-refractivity contribution in [2.45, 2.75) is 19.4 Å². The van der Waals surface area contributed by atoms with Crippen molar-refractivity contribution in [3.05, 3.63) is 89.4 Å². The van der Waals surface area contributed by atoms with E-state index in [0.717, 1.165) is 28.2 Å². The van der Waals surface area contributed by atoms with E-state index in [9.17, 15) is 9.59 Å². The van der Waals surface area contributed by atoms with E-state index in [-0.39, 0.29) is 36.7 Å². The van der Waals surface area contributed by atoms with Gasteiger partial charge in [-0.3, -0.25) is 9.59 Å². The molecule has 0 unspecified atom stereocenters. The molecule has 2 aromatic carbocycles. The molecule has 0 aliphatic carbocycles. The third-order valence-electron chi connectivity index (χ3n) is 5.94. The second-order valence-electron chi connectivity index (χ2n) is 8.34. The molecule has 1 atom stereocenters. The fraction of sp³-hybridized carbons (Fsp3) is 0.296. The fourth-order valence-corrected chi connectivity index (χ4v) is 4.01. The van der Waals surface area contributed by atoms with Crippen molar-refractivity contribution in [2.75, 3.05) is 33.9 Å². The van der Waals surface area contributed by atoms with Gasteiger partial charge in [0.05, 0.1) is 31.7 Å². The Balaban J connectivity index is 1.63. The number of rotatable bonds is 9. The number of amides is 2. The summed E-state index contributed by atoms with van der Waals surface area (Å²) < 4.78 is 15.8. The van der Waals surface area contributed by atoms with Crippen molar-refractivity contribution >= 4 is 17.5 Å². The van der Waals surface area contributed by atoms with Crippen LogP contribution in [0.25, 0.3) is 0 Å². The van der Waals surface area contributed by atoms with Crippen LogP contribution in [0.4, 0.5) is 0 Å². The highest BCUT2D eigenvalue weighted by molar-refractivity contribution is 6.04. The lowest BCUT2D eigenvalue weighted by atomic mass is 9.97. The molecule has 0 fully saturated rings. The summed E-state index contributed by atoms with van der Waals surface area (Å²) in [5.74, 6) is 0.232.